The molecule has 61 heavy (non-hydrogen) atoms. The van der Waals surface area contributed by atoms with Crippen LogP contribution in [0.25, 0.3) is 11.2 Å². The van der Waals surface area contributed by atoms with Gasteiger partial charge in [0.15, 0.2) is 11.4 Å². The number of aliphatic hydroxyl groups excluding tert-OH is 1. The van der Waals surface area contributed by atoms with E-state index in [9.17, 15) is 25.1 Å². The average Bonchev–Trinajstić information content (AvgIpc) is 4.03. The van der Waals surface area contributed by atoms with Crippen LogP contribution < -0.4 is 5.73 Å². The van der Waals surface area contributed by atoms with Gasteiger partial charge in [0, 0.05) is 13.0 Å². The fourth-order valence-electron chi connectivity index (χ4n) is 7.48. The number of phosphoric ester groups is 1. The molecular formula is C43H62N9O8P. The standard InChI is InChI=1S/C43H62N9O8P/c1-2-3-4-5-6-7-8-9-10-11-12-13-14-15-16-17-22-56-27-36(57-26-34-18-19-37(35(23-34)25-44)51-33-47-31-49-51)28-58-61(54,55)59-30-43(29-45)24-40(53)41(60-43)38-20-21-39-42(46)48-32-50-52(38)39/h18-21,23,31-33,36,40-41,53H,2-17,22,24,26-28,30H2,1H3,(H,54,55)(H2,46,48,50)/t36-,40-,41+,43-/m1/s1. The number of benzene rings is 1. The molecule has 1 aliphatic heterocycles. The van der Waals surface area contributed by atoms with Crippen LogP contribution in [0.5, 0.6) is 0 Å². The summed E-state index contributed by atoms with van der Waals surface area (Å²) in [5.74, 6) is 0.225. The van der Waals surface area contributed by atoms with Crippen molar-refractivity contribution in [3.63, 3.8) is 0 Å². The average molecular weight is 864 g/mol. The Morgan fingerprint density at radius 3 is 2.26 bits per heavy atom. The van der Waals surface area contributed by atoms with E-state index in [0.717, 1.165) is 19.3 Å². The lowest BCUT2D eigenvalue weighted by Gasteiger charge is -2.24. The van der Waals surface area contributed by atoms with E-state index in [1.165, 1.54) is 112 Å². The molecule has 0 saturated carbocycles. The highest BCUT2D eigenvalue weighted by atomic mass is 31.2. The molecule has 332 valence electrons. The van der Waals surface area contributed by atoms with Crippen molar-refractivity contribution in [2.45, 2.75) is 147 Å². The molecule has 0 amide bonds. The Balaban J connectivity index is 1.06. The van der Waals surface area contributed by atoms with Crippen LogP contribution in [-0.2, 0) is 34.4 Å². The van der Waals surface area contributed by atoms with E-state index in [4.69, 9.17) is 29.0 Å². The fourth-order valence-corrected chi connectivity index (χ4v) is 8.28. The minimum Gasteiger partial charge on any atom is -0.390 e. The summed E-state index contributed by atoms with van der Waals surface area (Å²) in [5, 5.41) is 39.1. The number of aliphatic hydroxyl groups is 1. The van der Waals surface area contributed by atoms with Gasteiger partial charge in [-0.25, -0.2) is 23.7 Å². The number of ether oxygens (including phenoxy) is 3. The van der Waals surface area contributed by atoms with Gasteiger partial charge < -0.3 is 29.9 Å². The molecule has 1 aromatic carbocycles. The molecule has 0 bridgehead atoms. The molecular weight excluding hydrogens is 802 g/mol. The third kappa shape index (κ3) is 14.9. The van der Waals surface area contributed by atoms with Crippen LogP contribution in [0.2, 0.25) is 0 Å². The maximum Gasteiger partial charge on any atom is 0.472 e. The summed E-state index contributed by atoms with van der Waals surface area (Å²) in [5.41, 5.74) is 6.70. The number of nitrogens with two attached hydrogens (primary N) is 1. The van der Waals surface area contributed by atoms with Gasteiger partial charge in [0.25, 0.3) is 0 Å². The fraction of sp³-hybridized carbons (Fsp3) is 0.628. The first-order valence-corrected chi connectivity index (χ1v) is 23.2. The lowest BCUT2D eigenvalue weighted by molar-refractivity contribution is -0.0623. The Bertz CT molecular complexity index is 2040. The van der Waals surface area contributed by atoms with Gasteiger partial charge in [-0.15, -0.1) is 0 Å². The maximum absolute atomic E-state index is 13.2. The van der Waals surface area contributed by atoms with E-state index in [1.54, 1.807) is 30.3 Å². The monoisotopic (exact) mass is 863 g/mol. The summed E-state index contributed by atoms with van der Waals surface area (Å²) in [4.78, 5) is 18.6. The Morgan fingerprint density at radius 1 is 0.934 bits per heavy atom. The van der Waals surface area contributed by atoms with E-state index < -0.39 is 38.3 Å². The predicted molar refractivity (Wildman–Crippen MR) is 227 cm³/mol. The van der Waals surface area contributed by atoms with Gasteiger partial charge in [-0.2, -0.15) is 20.7 Å². The third-order valence-corrected chi connectivity index (χ3v) is 11.8. The molecule has 17 nitrogen and oxygen atoms in total. The molecule has 5 rings (SSSR count). The van der Waals surface area contributed by atoms with Gasteiger partial charge in [0.2, 0.25) is 0 Å². The number of anilines is 1. The second-order valence-corrected chi connectivity index (χ2v) is 17.2. The molecule has 1 saturated heterocycles. The molecule has 5 atom stereocenters. The van der Waals surface area contributed by atoms with Crippen molar-refractivity contribution in [2.75, 3.05) is 32.2 Å². The van der Waals surface area contributed by atoms with Crippen LogP contribution in [0.3, 0.4) is 0 Å². The van der Waals surface area contributed by atoms with E-state index in [0.29, 0.717) is 34.6 Å². The summed E-state index contributed by atoms with van der Waals surface area (Å²) in [6.45, 7) is 1.82. The Morgan fingerprint density at radius 2 is 1.62 bits per heavy atom. The van der Waals surface area contributed by atoms with Crippen molar-refractivity contribution in [1.82, 2.24) is 29.4 Å². The Hall–Kier alpha value is -4.29. The van der Waals surface area contributed by atoms with Crippen LogP contribution in [0, 0.1) is 22.7 Å². The van der Waals surface area contributed by atoms with Crippen LogP contribution >= 0.6 is 7.82 Å². The minimum atomic E-state index is -4.77. The number of fused-ring (bicyclic) bond motifs is 1. The quantitative estimate of drug-likeness (QED) is 0.0334. The molecule has 0 radical (unpaired) electrons. The molecule has 0 aliphatic carbocycles. The molecule has 1 unspecified atom stereocenters. The largest absolute Gasteiger partial charge is 0.472 e. The molecule has 4 aromatic rings. The van der Waals surface area contributed by atoms with Crippen LogP contribution in [0.4, 0.5) is 5.82 Å². The zero-order valence-electron chi connectivity index (χ0n) is 35.4. The number of aromatic nitrogens is 6. The number of phosphoric acid groups is 1. The normalized spacial score (nSPS) is 19.2. The minimum absolute atomic E-state index is 0.0506. The number of nitriles is 2. The maximum atomic E-state index is 13.2. The van der Waals surface area contributed by atoms with Gasteiger partial charge in [-0.3, -0.25) is 9.05 Å². The van der Waals surface area contributed by atoms with Gasteiger partial charge in [-0.05, 0) is 36.2 Å². The molecule has 3 aromatic heterocycles. The summed E-state index contributed by atoms with van der Waals surface area (Å²) in [7, 11) is -4.77. The van der Waals surface area contributed by atoms with Gasteiger partial charge in [0.1, 0.15) is 55.5 Å². The molecule has 1 fully saturated rings. The highest BCUT2D eigenvalue weighted by Gasteiger charge is 2.49. The number of unbranched alkanes of at least 4 members (excludes halogenated alkanes) is 15. The smallest absolute Gasteiger partial charge is 0.390 e. The lowest BCUT2D eigenvalue weighted by atomic mass is 10.0. The van der Waals surface area contributed by atoms with Crippen molar-refractivity contribution >= 4 is 19.2 Å². The van der Waals surface area contributed by atoms with Crippen LogP contribution in [0.1, 0.15) is 139 Å². The molecule has 4 heterocycles. The van der Waals surface area contributed by atoms with Crippen molar-refractivity contribution in [3.8, 4) is 17.8 Å². The number of hydrogen-bond donors (Lipinski definition) is 3. The summed E-state index contributed by atoms with van der Waals surface area (Å²) in [6, 6.07) is 12.7. The topological polar surface area (TPSA) is 238 Å². The third-order valence-electron chi connectivity index (χ3n) is 10.9. The number of nitrogen functional groups attached to an aromatic ring is 1. The lowest BCUT2D eigenvalue weighted by Crippen LogP contribution is -2.32. The van der Waals surface area contributed by atoms with E-state index in [2.05, 4.69) is 33.2 Å². The zero-order valence-corrected chi connectivity index (χ0v) is 36.2. The van der Waals surface area contributed by atoms with Crippen molar-refractivity contribution in [3.05, 3.63) is 66.1 Å². The first-order chi connectivity index (χ1) is 29.7. The predicted octanol–water partition coefficient (Wildman–Crippen LogP) is 7.85. The Kier molecular flexibility index (Phi) is 19.6. The molecule has 18 heteroatoms. The van der Waals surface area contributed by atoms with Crippen LogP contribution in [-0.4, -0.2) is 83.6 Å². The van der Waals surface area contributed by atoms with Gasteiger partial charge >= 0.3 is 7.82 Å². The highest BCUT2D eigenvalue weighted by Crippen LogP contribution is 2.47. The first kappa shape index (κ1) is 47.8. The Labute approximate surface area is 358 Å². The van der Waals surface area contributed by atoms with Gasteiger partial charge in [0.05, 0.1) is 42.9 Å². The van der Waals surface area contributed by atoms with E-state index >= 15 is 0 Å². The zero-order chi connectivity index (χ0) is 43.3. The SMILES string of the molecule is CCCCCCCCCCCCCCCCCCOC[C@H](COP(=O)(O)OC[C@]1(C#N)C[C@@H](O)[C@H](c2ccc3c(N)ncnn23)O1)OCc1ccc(-n2cncn2)c(C#N)c1. The van der Waals surface area contributed by atoms with Gasteiger partial charge in [-0.1, -0.05) is 109 Å². The number of hydrogen-bond acceptors (Lipinski definition) is 14. The highest BCUT2D eigenvalue weighted by molar-refractivity contribution is 7.47. The molecule has 1 aliphatic rings. The van der Waals surface area contributed by atoms with Crippen LogP contribution in [0.15, 0.2) is 49.3 Å². The second kappa shape index (κ2) is 25.0. The first-order valence-electron chi connectivity index (χ1n) is 21.7. The number of rotatable bonds is 30. The summed E-state index contributed by atoms with van der Waals surface area (Å²) in [6.07, 6.45) is 21.3. The van der Waals surface area contributed by atoms with E-state index in [1.807, 2.05) is 6.07 Å². The second-order valence-electron chi connectivity index (χ2n) is 15.8. The van der Waals surface area contributed by atoms with Crippen molar-refractivity contribution in [1.29, 1.82) is 10.5 Å². The molecule has 0 spiro atoms. The summed E-state index contributed by atoms with van der Waals surface area (Å²) >= 11 is 0. The summed E-state index contributed by atoms with van der Waals surface area (Å²) < 4.78 is 44.9. The van der Waals surface area contributed by atoms with E-state index in [-0.39, 0.29) is 32.1 Å². The van der Waals surface area contributed by atoms with Crippen molar-refractivity contribution < 1.29 is 37.8 Å². The number of nitrogens with zero attached hydrogens (tertiary/aromatic N) is 8. The molecule has 4 N–H and O–H groups in total. The van der Waals surface area contributed by atoms with Crippen molar-refractivity contribution in [2.24, 2.45) is 0 Å².